The monoisotopic (exact) mass is 340 g/mol. The molecular weight excluding hydrogens is 316 g/mol. The fourth-order valence-corrected chi connectivity index (χ4v) is 3.41. The maximum atomic E-state index is 5.95. The summed E-state index contributed by atoms with van der Waals surface area (Å²) in [5, 5.41) is 4.08. The zero-order chi connectivity index (χ0) is 17.4. The molecule has 3 aromatic rings. The van der Waals surface area contributed by atoms with E-state index in [0.717, 1.165) is 48.7 Å². The van der Waals surface area contributed by atoms with E-state index in [2.05, 4.69) is 40.8 Å². The van der Waals surface area contributed by atoms with Gasteiger partial charge in [-0.3, -0.25) is 4.90 Å². The van der Waals surface area contributed by atoms with E-state index in [9.17, 15) is 0 Å². The highest BCUT2D eigenvalue weighted by Gasteiger charge is 2.29. The Labute approximate surface area is 147 Å². The fraction of sp³-hybridized carbons (Fsp3) is 0.526. The number of hydrogen-bond acceptors (Lipinski definition) is 6. The van der Waals surface area contributed by atoms with Crippen LogP contribution in [0.15, 0.2) is 33.2 Å². The quantitative estimate of drug-likeness (QED) is 0.706. The summed E-state index contributed by atoms with van der Waals surface area (Å²) in [6, 6.07) is 8.10. The molecule has 0 bridgehead atoms. The van der Waals surface area contributed by atoms with Crippen LogP contribution in [0.3, 0.4) is 0 Å². The van der Waals surface area contributed by atoms with Crippen LogP contribution in [0.5, 0.6) is 0 Å². The number of benzene rings is 1. The van der Waals surface area contributed by atoms with E-state index >= 15 is 0 Å². The Morgan fingerprint density at radius 3 is 2.52 bits per heavy atom. The molecule has 0 spiro atoms. The van der Waals surface area contributed by atoms with E-state index in [1.54, 1.807) is 0 Å². The molecule has 1 saturated heterocycles. The first-order valence-electron chi connectivity index (χ1n) is 9.05. The second-order valence-electron chi connectivity index (χ2n) is 7.15. The summed E-state index contributed by atoms with van der Waals surface area (Å²) in [4.78, 5) is 11.6. The molecule has 0 N–H and O–H groups in total. The topological polar surface area (TPSA) is 68.2 Å². The Morgan fingerprint density at radius 1 is 1.08 bits per heavy atom. The Morgan fingerprint density at radius 2 is 1.84 bits per heavy atom. The number of fused-ring (bicyclic) bond motifs is 1. The first-order chi connectivity index (χ1) is 12.1. The van der Waals surface area contributed by atoms with Crippen molar-refractivity contribution >= 4 is 11.1 Å². The highest BCUT2D eigenvalue weighted by Crippen LogP contribution is 2.33. The van der Waals surface area contributed by atoms with Crippen LogP contribution in [0.2, 0.25) is 0 Å². The largest absolute Gasteiger partial charge is 0.440 e. The molecular formula is C19H24N4O2. The van der Waals surface area contributed by atoms with Crippen molar-refractivity contribution in [2.45, 2.75) is 51.5 Å². The van der Waals surface area contributed by atoms with Crippen molar-refractivity contribution in [3.8, 4) is 0 Å². The molecule has 1 atom stereocenters. The van der Waals surface area contributed by atoms with Gasteiger partial charge in [-0.2, -0.15) is 4.98 Å². The number of para-hydroxylation sites is 2. The predicted molar refractivity (Wildman–Crippen MR) is 94.4 cm³/mol. The normalized spacial score (nSPS) is 18.2. The summed E-state index contributed by atoms with van der Waals surface area (Å²) in [6.07, 6.45) is 2.06. The van der Waals surface area contributed by atoms with Crippen molar-refractivity contribution in [3.05, 3.63) is 41.9 Å². The molecule has 1 aliphatic rings. The van der Waals surface area contributed by atoms with Crippen LogP contribution in [0.25, 0.3) is 11.1 Å². The van der Waals surface area contributed by atoms with E-state index in [4.69, 9.17) is 8.94 Å². The summed E-state index contributed by atoms with van der Waals surface area (Å²) in [6.45, 7) is 8.24. The number of piperidine rings is 1. The molecule has 0 unspecified atom stereocenters. The van der Waals surface area contributed by atoms with Crippen molar-refractivity contribution < 1.29 is 8.94 Å². The molecule has 1 aliphatic heterocycles. The predicted octanol–water partition coefficient (Wildman–Crippen LogP) is 4.27. The molecule has 0 aliphatic carbocycles. The van der Waals surface area contributed by atoms with Crippen LogP contribution in [-0.4, -0.2) is 33.1 Å². The number of aromatic nitrogens is 3. The zero-order valence-corrected chi connectivity index (χ0v) is 15.0. The van der Waals surface area contributed by atoms with E-state index in [-0.39, 0.29) is 12.0 Å². The van der Waals surface area contributed by atoms with Gasteiger partial charge >= 0.3 is 0 Å². The minimum Gasteiger partial charge on any atom is -0.440 e. The van der Waals surface area contributed by atoms with Crippen molar-refractivity contribution in [2.75, 3.05) is 13.1 Å². The zero-order valence-electron chi connectivity index (χ0n) is 15.0. The molecule has 0 saturated carbocycles. The maximum absolute atomic E-state index is 5.95. The smallest absolute Gasteiger partial charge is 0.243 e. The van der Waals surface area contributed by atoms with Gasteiger partial charge in [0.2, 0.25) is 5.89 Å². The lowest BCUT2D eigenvalue weighted by Crippen LogP contribution is -2.35. The van der Waals surface area contributed by atoms with Crippen LogP contribution in [-0.2, 0) is 0 Å². The molecule has 1 fully saturated rings. The highest BCUT2D eigenvalue weighted by molar-refractivity contribution is 5.72. The molecule has 132 valence electrons. The van der Waals surface area contributed by atoms with Gasteiger partial charge < -0.3 is 8.94 Å². The molecule has 2 aromatic heterocycles. The van der Waals surface area contributed by atoms with Crippen molar-refractivity contribution in [2.24, 2.45) is 0 Å². The van der Waals surface area contributed by atoms with E-state index in [1.807, 2.05) is 24.3 Å². The van der Waals surface area contributed by atoms with Gasteiger partial charge in [-0.25, -0.2) is 4.98 Å². The number of oxazole rings is 1. The summed E-state index contributed by atoms with van der Waals surface area (Å²) < 4.78 is 11.4. The second kappa shape index (κ2) is 6.59. The van der Waals surface area contributed by atoms with Crippen molar-refractivity contribution in [1.82, 2.24) is 20.0 Å². The summed E-state index contributed by atoms with van der Waals surface area (Å²) >= 11 is 0. The van der Waals surface area contributed by atoms with Gasteiger partial charge in [0.15, 0.2) is 17.3 Å². The third-order valence-corrected chi connectivity index (χ3v) is 5.07. The van der Waals surface area contributed by atoms with Crippen LogP contribution in [0.4, 0.5) is 0 Å². The Bertz CT molecular complexity index is 813. The minimum absolute atomic E-state index is 0.143. The van der Waals surface area contributed by atoms with Gasteiger partial charge in [0, 0.05) is 11.8 Å². The SMILES string of the molecule is CC(C)c1noc([C@@H](C)N2CCC(c3nc4ccccc4o3)CC2)n1. The summed E-state index contributed by atoms with van der Waals surface area (Å²) in [7, 11) is 0. The molecule has 3 heterocycles. The number of hydrogen-bond donors (Lipinski definition) is 0. The summed E-state index contributed by atoms with van der Waals surface area (Å²) in [5.41, 5.74) is 1.82. The fourth-order valence-electron chi connectivity index (χ4n) is 3.41. The number of rotatable bonds is 4. The third kappa shape index (κ3) is 3.18. The third-order valence-electron chi connectivity index (χ3n) is 5.07. The highest BCUT2D eigenvalue weighted by atomic mass is 16.5. The van der Waals surface area contributed by atoms with E-state index in [0.29, 0.717) is 11.8 Å². The first kappa shape index (κ1) is 16.3. The van der Waals surface area contributed by atoms with Gasteiger partial charge in [-0.1, -0.05) is 31.1 Å². The van der Waals surface area contributed by atoms with Gasteiger partial charge in [-0.15, -0.1) is 0 Å². The molecule has 6 nitrogen and oxygen atoms in total. The van der Waals surface area contributed by atoms with Crippen molar-refractivity contribution in [1.29, 1.82) is 0 Å². The number of nitrogens with zero attached hydrogens (tertiary/aromatic N) is 4. The lowest BCUT2D eigenvalue weighted by atomic mass is 9.96. The Kier molecular flexibility index (Phi) is 4.29. The van der Waals surface area contributed by atoms with Gasteiger partial charge in [0.25, 0.3) is 0 Å². The maximum Gasteiger partial charge on any atom is 0.243 e. The van der Waals surface area contributed by atoms with Gasteiger partial charge in [0.1, 0.15) is 5.52 Å². The summed E-state index contributed by atoms with van der Waals surface area (Å²) in [5.74, 6) is 3.03. The molecule has 0 amide bonds. The first-order valence-corrected chi connectivity index (χ1v) is 9.05. The van der Waals surface area contributed by atoms with Crippen LogP contribution in [0, 0.1) is 0 Å². The standard InChI is InChI=1S/C19H24N4O2/c1-12(2)17-21-18(25-22-17)13(3)23-10-8-14(9-11-23)19-20-15-6-4-5-7-16(15)24-19/h4-7,12-14H,8-11H2,1-3H3/t13-/m1/s1. The van der Waals surface area contributed by atoms with E-state index in [1.165, 1.54) is 0 Å². The van der Waals surface area contributed by atoms with E-state index < -0.39 is 0 Å². The second-order valence-corrected chi connectivity index (χ2v) is 7.15. The van der Waals surface area contributed by atoms with Crippen LogP contribution >= 0.6 is 0 Å². The lowest BCUT2D eigenvalue weighted by molar-refractivity contribution is 0.131. The minimum atomic E-state index is 0.143. The van der Waals surface area contributed by atoms with Crippen LogP contribution in [0.1, 0.15) is 69.1 Å². The molecule has 6 heteroatoms. The number of likely N-dealkylation sites (tertiary alicyclic amines) is 1. The van der Waals surface area contributed by atoms with Gasteiger partial charge in [0.05, 0.1) is 6.04 Å². The molecule has 25 heavy (non-hydrogen) atoms. The Balaban J connectivity index is 1.41. The van der Waals surface area contributed by atoms with Gasteiger partial charge in [-0.05, 0) is 45.0 Å². The molecule has 4 rings (SSSR count). The molecule has 0 radical (unpaired) electrons. The van der Waals surface area contributed by atoms with Crippen molar-refractivity contribution in [3.63, 3.8) is 0 Å². The lowest BCUT2D eigenvalue weighted by Gasteiger charge is -2.33. The average molecular weight is 340 g/mol. The Hall–Kier alpha value is -2.21. The van der Waals surface area contributed by atoms with Crippen LogP contribution < -0.4 is 0 Å². The molecule has 1 aromatic carbocycles. The average Bonchev–Trinajstić information content (AvgIpc) is 3.28.